The highest BCUT2D eigenvalue weighted by molar-refractivity contribution is 5.75. The summed E-state index contributed by atoms with van der Waals surface area (Å²) < 4.78 is 5.44. The fraction of sp³-hybridized carbons (Fsp3) is 0.619. The van der Waals surface area contributed by atoms with E-state index in [1.165, 1.54) is 0 Å². The number of aliphatic carboxylic acids is 1. The SMILES string of the molecule is CCC[C@@]1(C(=O)O)CC(C(C)(C)C)CN(Cc2cc(-c3cnccn3)on2)C1. The lowest BCUT2D eigenvalue weighted by molar-refractivity contribution is -0.157. The first-order chi connectivity index (χ1) is 13.2. The predicted molar refractivity (Wildman–Crippen MR) is 105 cm³/mol. The molecule has 0 spiro atoms. The summed E-state index contributed by atoms with van der Waals surface area (Å²) in [6.45, 7) is 10.6. The van der Waals surface area contributed by atoms with Gasteiger partial charge in [-0.15, -0.1) is 0 Å². The van der Waals surface area contributed by atoms with E-state index < -0.39 is 11.4 Å². The van der Waals surface area contributed by atoms with Crippen molar-refractivity contribution >= 4 is 5.97 Å². The van der Waals surface area contributed by atoms with E-state index in [1.807, 2.05) is 6.07 Å². The highest BCUT2D eigenvalue weighted by atomic mass is 16.5. The van der Waals surface area contributed by atoms with Crippen LogP contribution in [0.3, 0.4) is 0 Å². The largest absolute Gasteiger partial charge is 0.481 e. The maximum Gasteiger partial charge on any atom is 0.310 e. The fourth-order valence-electron chi connectivity index (χ4n) is 4.19. The molecule has 2 aromatic rings. The average Bonchev–Trinajstić information content (AvgIpc) is 3.10. The van der Waals surface area contributed by atoms with Crippen molar-refractivity contribution in [1.29, 1.82) is 0 Å². The Kier molecular flexibility index (Phi) is 5.84. The molecule has 0 radical (unpaired) electrons. The van der Waals surface area contributed by atoms with Gasteiger partial charge in [0.2, 0.25) is 0 Å². The van der Waals surface area contributed by atoms with Gasteiger partial charge in [0.25, 0.3) is 0 Å². The second kappa shape index (κ2) is 7.99. The quantitative estimate of drug-likeness (QED) is 0.805. The zero-order chi connectivity index (χ0) is 20.4. The Morgan fingerprint density at radius 1 is 1.39 bits per heavy atom. The molecule has 3 rings (SSSR count). The lowest BCUT2D eigenvalue weighted by Crippen LogP contribution is -2.53. The Bertz CT molecular complexity index is 799. The molecule has 0 amide bonds. The second-order valence-corrected chi connectivity index (χ2v) is 9.05. The van der Waals surface area contributed by atoms with Crippen LogP contribution in [0.2, 0.25) is 0 Å². The van der Waals surface area contributed by atoms with Gasteiger partial charge in [-0.2, -0.15) is 0 Å². The molecule has 2 atom stereocenters. The normalized spacial score (nSPS) is 23.6. The first-order valence-corrected chi connectivity index (χ1v) is 9.91. The fourth-order valence-corrected chi connectivity index (χ4v) is 4.19. The topological polar surface area (TPSA) is 92.3 Å². The molecule has 1 saturated heterocycles. The molecule has 1 unspecified atom stereocenters. The Balaban J connectivity index is 1.82. The van der Waals surface area contributed by atoms with Crippen molar-refractivity contribution in [3.63, 3.8) is 0 Å². The lowest BCUT2D eigenvalue weighted by atomic mass is 9.65. The molecule has 1 fully saturated rings. The van der Waals surface area contributed by atoms with Crippen LogP contribution in [-0.2, 0) is 11.3 Å². The van der Waals surface area contributed by atoms with E-state index in [-0.39, 0.29) is 5.41 Å². The molecule has 1 aliphatic rings. The molecule has 152 valence electrons. The molecular weight excluding hydrogens is 356 g/mol. The molecule has 0 saturated carbocycles. The van der Waals surface area contributed by atoms with Gasteiger partial charge in [-0.25, -0.2) is 4.98 Å². The minimum absolute atomic E-state index is 0.0434. The molecule has 0 aromatic carbocycles. The molecule has 2 aromatic heterocycles. The van der Waals surface area contributed by atoms with Crippen molar-refractivity contribution < 1.29 is 14.4 Å². The number of carboxylic acids is 1. The molecule has 0 aliphatic carbocycles. The van der Waals surface area contributed by atoms with Crippen LogP contribution in [0.1, 0.15) is 52.7 Å². The van der Waals surface area contributed by atoms with E-state index in [2.05, 4.69) is 47.7 Å². The van der Waals surface area contributed by atoms with Crippen LogP contribution in [-0.4, -0.2) is 44.2 Å². The van der Waals surface area contributed by atoms with Crippen LogP contribution < -0.4 is 0 Å². The van der Waals surface area contributed by atoms with Crippen LogP contribution in [0.15, 0.2) is 29.2 Å². The number of hydrogen-bond donors (Lipinski definition) is 1. The third-order valence-corrected chi connectivity index (χ3v) is 5.81. The van der Waals surface area contributed by atoms with Gasteiger partial charge in [-0.05, 0) is 24.2 Å². The van der Waals surface area contributed by atoms with Gasteiger partial charge >= 0.3 is 5.97 Å². The summed E-state index contributed by atoms with van der Waals surface area (Å²) in [6.07, 6.45) is 7.13. The first kappa shape index (κ1) is 20.5. The Labute approximate surface area is 166 Å². The van der Waals surface area contributed by atoms with Crippen LogP contribution >= 0.6 is 0 Å². The smallest absolute Gasteiger partial charge is 0.310 e. The van der Waals surface area contributed by atoms with Gasteiger partial charge in [0, 0.05) is 38.1 Å². The Morgan fingerprint density at radius 2 is 2.18 bits per heavy atom. The van der Waals surface area contributed by atoms with E-state index in [0.29, 0.717) is 36.9 Å². The number of hydrogen-bond acceptors (Lipinski definition) is 6. The van der Waals surface area contributed by atoms with E-state index in [0.717, 1.165) is 25.1 Å². The second-order valence-electron chi connectivity index (χ2n) is 9.05. The summed E-state index contributed by atoms with van der Waals surface area (Å²) in [5.74, 6) is 0.189. The molecule has 28 heavy (non-hydrogen) atoms. The van der Waals surface area contributed by atoms with Crippen LogP contribution in [0.5, 0.6) is 0 Å². The molecular formula is C21H30N4O3. The van der Waals surface area contributed by atoms with Crippen molar-refractivity contribution in [2.75, 3.05) is 13.1 Å². The average molecular weight is 386 g/mol. The van der Waals surface area contributed by atoms with Gasteiger partial charge < -0.3 is 9.63 Å². The number of carbonyl (C=O) groups is 1. The van der Waals surface area contributed by atoms with Crippen molar-refractivity contribution in [2.45, 2.75) is 53.5 Å². The minimum atomic E-state index is -0.706. The molecule has 1 N–H and O–H groups in total. The molecule has 3 heterocycles. The number of piperidine rings is 1. The summed E-state index contributed by atoms with van der Waals surface area (Å²) in [4.78, 5) is 22.8. The maximum atomic E-state index is 12.2. The van der Waals surface area contributed by atoms with Crippen LogP contribution in [0, 0.1) is 16.7 Å². The van der Waals surface area contributed by atoms with Gasteiger partial charge in [-0.3, -0.25) is 14.7 Å². The number of likely N-dealkylation sites (tertiary alicyclic amines) is 1. The molecule has 0 bridgehead atoms. The summed E-state index contributed by atoms with van der Waals surface area (Å²) >= 11 is 0. The van der Waals surface area contributed by atoms with Crippen molar-refractivity contribution in [3.05, 3.63) is 30.4 Å². The first-order valence-electron chi connectivity index (χ1n) is 9.91. The van der Waals surface area contributed by atoms with E-state index in [1.54, 1.807) is 18.6 Å². The highest BCUT2D eigenvalue weighted by Gasteiger charge is 2.47. The predicted octanol–water partition coefficient (Wildman–Crippen LogP) is 3.87. The number of aromatic nitrogens is 3. The minimum Gasteiger partial charge on any atom is -0.481 e. The van der Waals surface area contributed by atoms with Crippen molar-refractivity contribution in [3.8, 4) is 11.5 Å². The number of carboxylic acid groups (broad SMARTS) is 1. The third-order valence-electron chi connectivity index (χ3n) is 5.81. The molecule has 7 nitrogen and oxygen atoms in total. The zero-order valence-corrected chi connectivity index (χ0v) is 17.2. The summed E-state index contributed by atoms with van der Waals surface area (Å²) in [6, 6.07) is 1.87. The lowest BCUT2D eigenvalue weighted by Gasteiger charge is -2.48. The maximum absolute atomic E-state index is 12.2. The van der Waals surface area contributed by atoms with Gasteiger partial charge in [0.1, 0.15) is 5.69 Å². The summed E-state index contributed by atoms with van der Waals surface area (Å²) in [5.41, 5.74) is 0.758. The van der Waals surface area contributed by atoms with Gasteiger partial charge in [0.15, 0.2) is 5.76 Å². The van der Waals surface area contributed by atoms with Crippen LogP contribution in [0.25, 0.3) is 11.5 Å². The number of nitrogens with zero attached hydrogens (tertiary/aromatic N) is 4. The van der Waals surface area contributed by atoms with Gasteiger partial charge in [-0.1, -0.05) is 39.3 Å². The molecule has 7 heteroatoms. The summed E-state index contributed by atoms with van der Waals surface area (Å²) in [5, 5.41) is 14.2. The summed E-state index contributed by atoms with van der Waals surface area (Å²) in [7, 11) is 0. The van der Waals surface area contributed by atoms with E-state index in [9.17, 15) is 9.90 Å². The van der Waals surface area contributed by atoms with Crippen molar-refractivity contribution in [2.24, 2.45) is 16.7 Å². The van der Waals surface area contributed by atoms with Crippen LogP contribution in [0.4, 0.5) is 0 Å². The van der Waals surface area contributed by atoms with E-state index >= 15 is 0 Å². The standard InChI is InChI=1S/C21H30N4O3/c1-5-6-21(19(26)27)10-15(20(2,3)4)12-25(14-21)13-16-9-18(28-24-16)17-11-22-7-8-23-17/h7-9,11,15H,5-6,10,12-14H2,1-4H3,(H,26,27)/t15?,21-/m1/s1. The zero-order valence-electron chi connectivity index (χ0n) is 17.2. The molecule has 1 aliphatic heterocycles. The number of rotatable bonds is 6. The Morgan fingerprint density at radius 3 is 2.79 bits per heavy atom. The van der Waals surface area contributed by atoms with E-state index in [4.69, 9.17) is 4.52 Å². The van der Waals surface area contributed by atoms with Crippen molar-refractivity contribution in [1.82, 2.24) is 20.0 Å². The third kappa shape index (κ3) is 4.41. The monoisotopic (exact) mass is 386 g/mol. The Hall–Kier alpha value is -2.28. The van der Waals surface area contributed by atoms with Gasteiger partial charge in [0.05, 0.1) is 17.3 Å². The highest BCUT2D eigenvalue weighted by Crippen LogP contribution is 2.44.